The maximum atomic E-state index is 13.5. The second-order valence-corrected chi connectivity index (χ2v) is 6.97. The number of pyridine rings is 1. The van der Waals surface area contributed by atoms with Crippen molar-refractivity contribution < 1.29 is 4.79 Å². The van der Waals surface area contributed by atoms with Crippen LogP contribution >= 0.6 is 11.3 Å². The van der Waals surface area contributed by atoms with Gasteiger partial charge in [-0.3, -0.25) is 9.69 Å². The predicted molar refractivity (Wildman–Crippen MR) is 112 cm³/mol. The monoisotopic (exact) mass is 375 g/mol. The molecule has 0 saturated heterocycles. The maximum Gasteiger partial charge on any atom is 0.275 e. The quantitative estimate of drug-likeness (QED) is 0.501. The van der Waals surface area contributed by atoms with Gasteiger partial charge < -0.3 is 17.2 Å². The standard InChI is InChI=1S/C20H17N5OS/c21-15-11-14-16(22)17(27-19(14)24-18(15)23)20(26)25(12-7-3-1-4-8-12)13-9-5-2-6-10-13/h1-11H,21-22H2,(H2,23,24). The largest absolute Gasteiger partial charge is 0.397 e. The van der Waals surface area contributed by atoms with E-state index in [-0.39, 0.29) is 11.7 Å². The summed E-state index contributed by atoms with van der Waals surface area (Å²) in [5.41, 5.74) is 20.1. The molecule has 0 saturated carbocycles. The van der Waals surface area contributed by atoms with Crippen molar-refractivity contribution in [3.8, 4) is 0 Å². The first-order valence-electron chi connectivity index (χ1n) is 8.25. The maximum absolute atomic E-state index is 13.5. The van der Waals surface area contributed by atoms with Gasteiger partial charge in [0.2, 0.25) is 0 Å². The zero-order valence-electron chi connectivity index (χ0n) is 14.3. The van der Waals surface area contributed by atoms with Gasteiger partial charge in [0.25, 0.3) is 5.91 Å². The Morgan fingerprint density at radius 1 is 0.889 bits per heavy atom. The van der Waals surface area contributed by atoms with E-state index in [4.69, 9.17) is 17.2 Å². The number of para-hydroxylation sites is 2. The first-order valence-corrected chi connectivity index (χ1v) is 9.06. The van der Waals surface area contributed by atoms with Crippen LogP contribution in [-0.2, 0) is 0 Å². The highest BCUT2D eigenvalue weighted by Gasteiger charge is 2.25. The van der Waals surface area contributed by atoms with Crippen molar-refractivity contribution in [2.24, 2.45) is 0 Å². The molecule has 0 spiro atoms. The third kappa shape index (κ3) is 2.94. The number of nitrogens with two attached hydrogens (primary N) is 3. The summed E-state index contributed by atoms with van der Waals surface area (Å²) >= 11 is 1.21. The summed E-state index contributed by atoms with van der Waals surface area (Å²) in [5, 5.41) is 0.635. The molecule has 4 aromatic rings. The van der Waals surface area contributed by atoms with Crippen LogP contribution in [-0.4, -0.2) is 10.9 Å². The lowest BCUT2D eigenvalue weighted by atomic mass is 10.2. The van der Waals surface area contributed by atoms with Gasteiger partial charge in [-0.05, 0) is 30.3 Å². The zero-order chi connectivity index (χ0) is 19.0. The topological polar surface area (TPSA) is 111 Å². The Morgan fingerprint density at radius 3 is 2.00 bits per heavy atom. The molecule has 1 amide bonds. The number of hydrogen-bond acceptors (Lipinski definition) is 6. The van der Waals surface area contributed by atoms with Crippen LogP contribution in [0.2, 0.25) is 0 Å². The highest BCUT2D eigenvalue weighted by Crippen LogP contribution is 2.38. The Balaban J connectivity index is 1.88. The van der Waals surface area contributed by atoms with Gasteiger partial charge >= 0.3 is 0 Å². The fourth-order valence-corrected chi connectivity index (χ4v) is 3.88. The molecule has 2 aromatic heterocycles. The Morgan fingerprint density at radius 2 is 1.44 bits per heavy atom. The van der Waals surface area contributed by atoms with Crippen LogP contribution in [0.3, 0.4) is 0 Å². The molecule has 2 aromatic carbocycles. The van der Waals surface area contributed by atoms with Gasteiger partial charge in [-0.15, -0.1) is 11.3 Å². The number of benzene rings is 2. The Kier molecular flexibility index (Phi) is 4.13. The molecule has 0 radical (unpaired) electrons. The lowest BCUT2D eigenvalue weighted by molar-refractivity contribution is 0.100. The summed E-state index contributed by atoms with van der Waals surface area (Å²) < 4.78 is 0. The van der Waals surface area contributed by atoms with Crippen LogP contribution in [0.15, 0.2) is 66.7 Å². The minimum absolute atomic E-state index is 0.228. The summed E-state index contributed by atoms with van der Waals surface area (Å²) in [4.78, 5) is 20.4. The second kappa shape index (κ2) is 6.62. The van der Waals surface area contributed by atoms with Crippen LogP contribution in [0.5, 0.6) is 0 Å². The average molecular weight is 375 g/mol. The highest BCUT2D eigenvalue weighted by atomic mass is 32.1. The highest BCUT2D eigenvalue weighted by molar-refractivity contribution is 7.21. The molecule has 134 valence electrons. The van der Waals surface area contributed by atoms with Gasteiger partial charge in [0.05, 0.1) is 11.4 Å². The minimum Gasteiger partial charge on any atom is -0.397 e. The van der Waals surface area contributed by atoms with E-state index in [1.807, 2.05) is 60.7 Å². The lowest BCUT2D eigenvalue weighted by Crippen LogP contribution is -2.25. The van der Waals surface area contributed by atoms with Crippen molar-refractivity contribution >= 4 is 56.0 Å². The molecule has 7 heteroatoms. The molecule has 0 atom stereocenters. The number of carbonyl (C=O) groups is 1. The first kappa shape index (κ1) is 16.9. The number of fused-ring (bicyclic) bond motifs is 1. The summed E-state index contributed by atoms with van der Waals surface area (Å²) in [6.07, 6.45) is 0. The van der Waals surface area contributed by atoms with Crippen LogP contribution < -0.4 is 22.1 Å². The lowest BCUT2D eigenvalue weighted by Gasteiger charge is -2.22. The fourth-order valence-electron chi connectivity index (χ4n) is 2.87. The SMILES string of the molecule is Nc1cc2c(N)c(C(=O)N(c3ccccc3)c3ccccc3)sc2nc1N. The van der Waals surface area contributed by atoms with E-state index < -0.39 is 0 Å². The van der Waals surface area contributed by atoms with Crippen LogP contribution in [0, 0.1) is 0 Å². The molecular formula is C20H17N5OS. The Bertz CT molecular complexity index is 1090. The summed E-state index contributed by atoms with van der Waals surface area (Å²) in [6, 6.07) is 20.5. The normalized spacial score (nSPS) is 10.8. The van der Waals surface area contributed by atoms with Crippen molar-refractivity contribution in [1.82, 2.24) is 4.98 Å². The van der Waals surface area contributed by atoms with Crippen molar-refractivity contribution in [1.29, 1.82) is 0 Å². The summed E-state index contributed by atoms with van der Waals surface area (Å²) in [7, 11) is 0. The average Bonchev–Trinajstić information content (AvgIpc) is 3.00. The minimum atomic E-state index is -0.231. The third-order valence-electron chi connectivity index (χ3n) is 4.21. The van der Waals surface area contributed by atoms with Gasteiger partial charge in [0.15, 0.2) is 0 Å². The van der Waals surface area contributed by atoms with Crippen molar-refractivity contribution in [2.45, 2.75) is 0 Å². The number of anilines is 5. The van der Waals surface area contributed by atoms with Gasteiger partial charge in [0, 0.05) is 16.8 Å². The smallest absolute Gasteiger partial charge is 0.275 e. The zero-order valence-corrected chi connectivity index (χ0v) is 15.1. The van der Waals surface area contributed by atoms with E-state index in [1.165, 1.54) is 11.3 Å². The van der Waals surface area contributed by atoms with Gasteiger partial charge in [-0.2, -0.15) is 0 Å². The number of rotatable bonds is 3. The van der Waals surface area contributed by atoms with E-state index in [0.29, 0.717) is 26.5 Å². The molecule has 6 N–H and O–H groups in total. The van der Waals surface area contributed by atoms with E-state index in [2.05, 4.69) is 4.98 Å². The molecule has 2 heterocycles. The van der Waals surface area contributed by atoms with Crippen molar-refractivity contribution in [2.75, 3.05) is 22.1 Å². The van der Waals surface area contributed by atoms with E-state index in [9.17, 15) is 4.79 Å². The number of thiophene rings is 1. The number of hydrogen-bond donors (Lipinski definition) is 3. The number of nitrogen functional groups attached to an aromatic ring is 3. The van der Waals surface area contributed by atoms with Crippen LogP contribution in [0.4, 0.5) is 28.6 Å². The third-order valence-corrected chi connectivity index (χ3v) is 5.31. The van der Waals surface area contributed by atoms with E-state index in [1.54, 1.807) is 11.0 Å². The Labute approximate surface area is 159 Å². The van der Waals surface area contributed by atoms with E-state index in [0.717, 1.165) is 11.4 Å². The number of amides is 1. The summed E-state index contributed by atoms with van der Waals surface area (Å²) in [5.74, 6) is -0.00392. The number of nitrogens with zero attached hydrogens (tertiary/aromatic N) is 2. The second-order valence-electron chi connectivity index (χ2n) is 5.97. The fraction of sp³-hybridized carbons (Fsp3) is 0. The van der Waals surface area contributed by atoms with Gasteiger partial charge in [0.1, 0.15) is 15.5 Å². The molecule has 0 bridgehead atoms. The molecule has 6 nitrogen and oxygen atoms in total. The predicted octanol–water partition coefficient (Wildman–Crippen LogP) is 4.02. The van der Waals surface area contributed by atoms with Crippen LogP contribution in [0.25, 0.3) is 10.2 Å². The molecule has 27 heavy (non-hydrogen) atoms. The molecule has 4 rings (SSSR count). The van der Waals surface area contributed by atoms with E-state index >= 15 is 0 Å². The number of carbonyl (C=O) groups excluding carboxylic acids is 1. The summed E-state index contributed by atoms with van der Waals surface area (Å²) in [6.45, 7) is 0. The molecule has 0 aliphatic rings. The molecule has 0 fully saturated rings. The van der Waals surface area contributed by atoms with Crippen molar-refractivity contribution in [3.05, 3.63) is 71.6 Å². The van der Waals surface area contributed by atoms with Crippen molar-refractivity contribution in [3.63, 3.8) is 0 Å². The Hall–Kier alpha value is -3.58. The van der Waals surface area contributed by atoms with Gasteiger partial charge in [-0.25, -0.2) is 4.98 Å². The number of aromatic nitrogens is 1. The molecule has 0 aliphatic heterocycles. The van der Waals surface area contributed by atoms with Gasteiger partial charge in [-0.1, -0.05) is 36.4 Å². The molecular weight excluding hydrogens is 358 g/mol. The van der Waals surface area contributed by atoms with Crippen LogP contribution in [0.1, 0.15) is 9.67 Å². The molecule has 0 unspecified atom stereocenters. The molecule has 0 aliphatic carbocycles. The first-order chi connectivity index (χ1) is 13.1.